The van der Waals surface area contributed by atoms with Crippen LogP contribution in [0.1, 0.15) is 5.56 Å². The second-order valence-electron chi connectivity index (χ2n) is 3.96. The van der Waals surface area contributed by atoms with Crippen molar-refractivity contribution in [1.29, 1.82) is 0 Å². The molecule has 3 N–H and O–H groups in total. The molecule has 19 heavy (non-hydrogen) atoms. The minimum Gasteiger partial charge on any atom is -0.326 e. The summed E-state index contributed by atoms with van der Waals surface area (Å²) in [5.41, 5.74) is 6.90. The fourth-order valence-corrected chi connectivity index (χ4v) is 2.90. The molecule has 100 valence electrons. The number of sulfonamides is 1. The summed E-state index contributed by atoms with van der Waals surface area (Å²) in [7, 11) is -3.57. The zero-order valence-electron chi connectivity index (χ0n) is 10.0. The highest BCUT2D eigenvalue weighted by atomic mass is 79.9. The van der Waals surface area contributed by atoms with E-state index in [-0.39, 0.29) is 4.90 Å². The van der Waals surface area contributed by atoms with E-state index in [9.17, 15) is 8.42 Å². The quantitative estimate of drug-likeness (QED) is 0.898. The first-order valence-corrected chi connectivity index (χ1v) is 7.86. The van der Waals surface area contributed by atoms with Crippen LogP contribution in [0, 0.1) is 0 Å². The zero-order chi connectivity index (χ0) is 13.9. The zero-order valence-corrected chi connectivity index (χ0v) is 12.4. The topological polar surface area (TPSA) is 72.2 Å². The Kier molecular flexibility index (Phi) is 4.24. The number of halogens is 1. The summed E-state index contributed by atoms with van der Waals surface area (Å²) in [5.74, 6) is 0. The van der Waals surface area contributed by atoms with Crippen molar-refractivity contribution in [3.8, 4) is 0 Å². The number of nitrogens with two attached hydrogens (primary N) is 1. The molecule has 4 nitrogen and oxygen atoms in total. The summed E-state index contributed by atoms with van der Waals surface area (Å²) in [6.07, 6.45) is 0. The van der Waals surface area contributed by atoms with Crippen LogP contribution in [-0.2, 0) is 16.6 Å². The first-order chi connectivity index (χ1) is 9.01. The van der Waals surface area contributed by atoms with E-state index in [1.807, 2.05) is 6.07 Å². The van der Waals surface area contributed by atoms with Crippen LogP contribution in [0.25, 0.3) is 0 Å². The lowest BCUT2D eigenvalue weighted by molar-refractivity contribution is 0.601. The summed E-state index contributed by atoms with van der Waals surface area (Å²) < 4.78 is 27.7. The Morgan fingerprint density at radius 1 is 1.11 bits per heavy atom. The van der Waals surface area contributed by atoms with Crippen molar-refractivity contribution in [2.45, 2.75) is 11.4 Å². The van der Waals surface area contributed by atoms with E-state index in [1.54, 1.807) is 42.5 Å². The molecule has 2 aromatic rings. The highest BCUT2D eigenvalue weighted by Crippen LogP contribution is 2.19. The maximum Gasteiger partial charge on any atom is 0.261 e. The van der Waals surface area contributed by atoms with Gasteiger partial charge in [-0.2, -0.15) is 0 Å². The molecule has 0 atom stereocenters. The van der Waals surface area contributed by atoms with Gasteiger partial charge in [-0.3, -0.25) is 4.72 Å². The fourth-order valence-electron chi connectivity index (χ4n) is 1.59. The van der Waals surface area contributed by atoms with Crippen molar-refractivity contribution in [2.24, 2.45) is 5.73 Å². The molecule has 0 aromatic heterocycles. The molecule has 0 radical (unpaired) electrons. The second kappa shape index (κ2) is 5.73. The first kappa shape index (κ1) is 14.0. The van der Waals surface area contributed by atoms with Gasteiger partial charge in [0.05, 0.1) is 4.90 Å². The summed E-state index contributed by atoms with van der Waals surface area (Å²) >= 11 is 3.27. The number of benzene rings is 2. The molecule has 0 heterocycles. The van der Waals surface area contributed by atoms with Gasteiger partial charge in [-0.25, -0.2) is 8.42 Å². The van der Waals surface area contributed by atoms with Crippen LogP contribution in [0.5, 0.6) is 0 Å². The van der Waals surface area contributed by atoms with Crippen molar-refractivity contribution in [1.82, 2.24) is 0 Å². The van der Waals surface area contributed by atoms with E-state index in [0.29, 0.717) is 12.2 Å². The number of anilines is 1. The van der Waals surface area contributed by atoms with Crippen LogP contribution in [0.15, 0.2) is 57.9 Å². The molecular formula is C13H13BrN2O2S. The van der Waals surface area contributed by atoms with E-state index in [0.717, 1.165) is 10.0 Å². The largest absolute Gasteiger partial charge is 0.326 e. The second-order valence-corrected chi connectivity index (χ2v) is 6.56. The number of hydrogen-bond acceptors (Lipinski definition) is 3. The van der Waals surface area contributed by atoms with Gasteiger partial charge in [0.1, 0.15) is 0 Å². The highest BCUT2D eigenvalue weighted by Gasteiger charge is 2.13. The molecule has 0 saturated heterocycles. The average Bonchev–Trinajstić information content (AvgIpc) is 2.39. The molecule has 0 amide bonds. The van der Waals surface area contributed by atoms with Crippen LogP contribution in [0.4, 0.5) is 5.69 Å². The van der Waals surface area contributed by atoms with E-state index in [2.05, 4.69) is 20.7 Å². The fraction of sp³-hybridized carbons (Fsp3) is 0.0769. The molecular weight excluding hydrogens is 328 g/mol. The highest BCUT2D eigenvalue weighted by molar-refractivity contribution is 9.10. The van der Waals surface area contributed by atoms with Gasteiger partial charge in [0, 0.05) is 16.7 Å². The molecule has 2 aromatic carbocycles. The average molecular weight is 341 g/mol. The molecule has 0 spiro atoms. The first-order valence-electron chi connectivity index (χ1n) is 5.59. The smallest absolute Gasteiger partial charge is 0.261 e. The maximum absolute atomic E-state index is 12.2. The Bertz CT molecular complexity index is 669. The molecule has 0 aliphatic heterocycles. The molecule has 0 fully saturated rings. The number of hydrogen-bond donors (Lipinski definition) is 2. The Labute approximate surface area is 120 Å². The third-order valence-corrected chi connectivity index (χ3v) is 4.46. The van der Waals surface area contributed by atoms with Crippen LogP contribution in [0.3, 0.4) is 0 Å². The Balaban J connectivity index is 2.28. The van der Waals surface area contributed by atoms with Crippen molar-refractivity contribution < 1.29 is 8.42 Å². The van der Waals surface area contributed by atoms with E-state index < -0.39 is 10.0 Å². The van der Waals surface area contributed by atoms with Gasteiger partial charge in [0.15, 0.2) is 0 Å². The van der Waals surface area contributed by atoms with E-state index in [4.69, 9.17) is 5.73 Å². The molecule has 0 aliphatic carbocycles. The van der Waals surface area contributed by atoms with Crippen LogP contribution in [-0.4, -0.2) is 8.42 Å². The summed E-state index contributed by atoms with van der Waals surface area (Å²) in [6.45, 7) is 0.369. The van der Waals surface area contributed by atoms with E-state index in [1.165, 1.54) is 0 Å². The molecule has 0 unspecified atom stereocenters. The number of rotatable bonds is 4. The summed E-state index contributed by atoms with van der Waals surface area (Å²) in [6, 6.07) is 13.5. The minimum atomic E-state index is -3.57. The normalized spacial score (nSPS) is 11.3. The van der Waals surface area contributed by atoms with Crippen molar-refractivity contribution >= 4 is 31.6 Å². The van der Waals surface area contributed by atoms with Gasteiger partial charge in [-0.1, -0.05) is 28.1 Å². The lowest BCUT2D eigenvalue weighted by atomic mass is 10.2. The molecule has 2 rings (SSSR count). The predicted octanol–water partition coefficient (Wildman–Crippen LogP) is 2.71. The Morgan fingerprint density at radius 2 is 1.79 bits per heavy atom. The number of nitrogens with one attached hydrogen (secondary N) is 1. The molecule has 6 heteroatoms. The molecule has 0 saturated carbocycles. The van der Waals surface area contributed by atoms with Gasteiger partial charge in [-0.15, -0.1) is 0 Å². The standard InChI is InChI=1S/C13H13BrN2O2S/c14-11-4-6-13(7-5-11)19(17,18)16-12-3-1-2-10(8-12)9-15/h1-8,16H,9,15H2. The van der Waals surface area contributed by atoms with Gasteiger partial charge < -0.3 is 5.73 Å². The minimum absolute atomic E-state index is 0.217. The third kappa shape index (κ3) is 3.56. The Morgan fingerprint density at radius 3 is 2.42 bits per heavy atom. The van der Waals surface area contributed by atoms with Crippen molar-refractivity contribution in [2.75, 3.05) is 4.72 Å². The van der Waals surface area contributed by atoms with Crippen molar-refractivity contribution in [3.05, 3.63) is 58.6 Å². The van der Waals surface area contributed by atoms with Crippen LogP contribution >= 0.6 is 15.9 Å². The predicted molar refractivity (Wildman–Crippen MR) is 79.3 cm³/mol. The van der Waals surface area contributed by atoms with Crippen LogP contribution in [0.2, 0.25) is 0 Å². The lowest BCUT2D eigenvalue weighted by Crippen LogP contribution is -2.13. The monoisotopic (exact) mass is 340 g/mol. The molecule has 0 bridgehead atoms. The van der Waals surface area contributed by atoms with Gasteiger partial charge in [-0.05, 0) is 42.0 Å². The summed E-state index contributed by atoms with van der Waals surface area (Å²) in [5, 5.41) is 0. The third-order valence-electron chi connectivity index (χ3n) is 2.54. The Hall–Kier alpha value is -1.37. The van der Waals surface area contributed by atoms with Crippen molar-refractivity contribution in [3.63, 3.8) is 0 Å². The molecule has 0 aliphatic rings. The lowest BCUT2D eigenvalue weighted by Gasteiger charge is -2.09. The van der Waals surface area contributed by atoms with Crippen LogP contribution < -0.4 is 10.5 Å². The SMILES string of the molecule is NCc1cccc(NS(=O)(=O)c2ccc(Br)cc2)c1. The van der Waals surface area contributed by atoms with Gasteiger partial charge in [0.2, 0.25) is 0 Å². The van der Waals surface area contributed by atoms with E-state index >= 15 is 0 Å². The summed E-state index contributed by atoms with van der Waals surface area (Å²) in [4.78, 5) is 0.217. The van der Waals surface area contributed by atoms with Gasteiger partial charge >= 0.3 is 0 Å². The maximum atomic E-state index is 12.2. The van der Waals surface area contributed by atoms with Gasteiger partial charge in [0.25, 0.3) is 10.0 Å².